The fourth-order valence-electron chi connectivity index (χ4n) is 3.96. The molecular weight excluding hydrogens is 234 g/mol. The van der Waals surface area contributed by atoms with Gasteiger partial charge < -0.3 is 0 Å². The van der Waals surface area contributed by atoms with E-state index in [1.54, 1.807) is 0 Å². The van der Waals surface area contributed by atoms with Crippen LogP contribution in [0.4, 0.5) is 0 Å². The maximum absolute atomic E-state index is 12.6. The fraction of sp³-hybridized carbons (Fsp3) is 0.412. The molecule has 2 aliphatic rings. The Morgan fingerprint density at radius 3 is 2.74 bits per heavy atom. The highest BCUT2D eigenvalue weighted by molar-refractivity contribution is 5.98. The standard InChI is InChI=1S/C17H17NO/c19-17(14-10-11-5-6-13(14)9-11)16-8-7-12-3-1-2-4-15(12)18-16/h1-4,7-8,11,13-14H,5-6,9-10H2. The van der Waals surface area contributed by atoms with E-state index in [0.29, 0.717) is 11.6 Å². The quantitative estimate of drug-likeness (QED) is 0.759. The third-order valence-electron chi connectivity index (χ3n) is 4.93. The minimum absolute atomic E-state index is 0.243. The molecule has 1 aromatic carbocycles. The zero-order valence-electron chi connectivity index (χ0n) is 10.9. The second kappa shape index (κ2) is 4.16. The first-order chi connectivity index (χ1) is 9.31. The van der Waals surface area contributed by atoms with Crippen LogP contribution in [0.5, 0.6) is 0 Å². The molecule has 96 valence electrons. The molecule has 2 aromatic rings. The van der Waals surface area contributed by atoms with Gasteiger partial charge in [-0.1, -0.05) is 30.7 Å². The first-order valence-electron chi connectivity index (χ1n) is 7.21. The van der Waals surface area contributed by atoms with Gasteiger partial charge in [-0.05, 0) is 43.2 Å². The molecule has 3 unspecified atom stereocenters. The van der Waals surface area contributed by atoms with E-state index in [-0.39, 0.29) is 11.7 Å². The Labute approximate surface area is 112 Å². The molecule has 2 fully saturated rings. The summed E-state index contributed by atoms with van der Waals surface area (Å²) < 4.78 is 0. The van der Waals surface area contributed by atoms with Gasteiger partial charge in [-0.3, -0.25) is 4.79 Å². The fourth-order valence-corrected chi connectivity index (χ4v) is 3.96. The number of nitrogens with zero attached hydrogens (tertiary/aromatic N) is 1. The number of Topliss-reactive ketones (excluding diaryl/α,β-unsaturated/α-hetero) is 1. The summed E-state index contributed by atoms with van der Waals surface area (Å²) in [6.07, 6.45) is 4.94. The highest BCUT2D eigenvalue weighted by atomic mass is 16.1. The molecular formula is C17H17NO. The molecule has 0 amide bonds. The molecule has 0 N–H and O–H groups in total. The van der Waals surface area contributed by atoms with Gasteiger partial charge in [0.25, 0.3) is 0 Å². The number of fused-ring (bicyclic) bond motifs is 3. The highest BCUT2D eigenvalue weighted by Crippen LogP contribution is 2.49. The number of hydrogen-bond acceptors (Lipinski definition) is 2. The van der Waals surface area contributed by atoms with E-state index in [1.807, 2.05) is 36.4 Å². The van der Waals surface area contributed by atoms with Gasteiger partial charge in [0.1, 0.15) is 5.69 Å². The molecule has 0 aliphatic heterocycles. The van der Waals surface area contributed by atoms with E-state index in [9.17, 15) is 4.79 Å². The average molecular weight is 251 g/mol. The number of carbonyl (C=O) groups is 1. The third-order valence-corrected chi connectivity index (χ3v) is 4.93. The summed E-state index contributed by atoms with van der Waals surface area (Å²) in [5.74, 6) is 1.95. The first kappa shape index (κ1) is 11.2. The lowest BCUT2D eigenvalue weighted by Gasteiger charge is -2.19. The highest BCUT2D eigenvalue weighted by Gasteiger charge is 2.43. The molecule has 1 heterocycles. The summed E-state index contributed by atoms with van der Waals surface area (Å²) in [5, 5.41) is 1.10. The lowest BCUT2D eigenvalue weighted by molar-refractivity contribution is 0.0870. The van der Waals surface area contributed by atoms with Crippen molar-refractivity contribution < 1.29 is 4.79 Å². The molecule has 19 heavy (non-hydrogen) atoms. The first-order valence-corrected chi connectivity index (χ1v) is 7.21. The molecule has 1 aromatic heterocycles. The second-order valence-corrected chi connectivity index (χ2v) is 6.03. The van der Waals surface area contributed by atoms with Crippen LogP contribution in [0.2, 0.25) is 0 Å². The molecule has 2 saturated carbocycles. The van der Waals surface area contributed by atoms with Crippen LogP contribution in [0.1, 0.15) is 36.2 Å². The maximum atomic E-state index is 12.6. The summed E-state index contributed by atoms with van der Waals surface area (Å²) in [6, 6.07) is 11.9. The Morgan fingerprint density at radius 2 is 1.95 bits per heavy atom. The van der Waals surface area contributed by atoms with E-state index >= 15 is 0 Å². The Bertz CT molecular complexity index is 649. The number of hydrogen-bond donors (Lipinski definition) is 0. The van der Waals surface area contributed by atoms with Crippen LogP contribution >= 0.6 is 0 Å². The molecule has 2 nitrogen and oxygen atoms in total. The van der Waals surface area contributed by atoms with Crippen molar-refractivity contribution in [3.8, 4) is 0 Å². The van der Waals surface area contributed by atoms with E-state index in [2.05, 4.69) is 4.98 Å². The molecule has 2 bridgehead atoms. The van der Waals surface area contributed by atoms with E-state index in [0.717, 1.165) is 23.2 Å². The summed E-state index contributed by atoms with van der Waals surface area (Å²) in [5.41, 5.74) is 1.59. The van der Waals surface area contributed by atoms with Crippen molar-refractivity contribution >= 4 is 16.7 Å². The number of pyridine rings is 1. The topological polar surface area (TPSA) is 30.0 Å². The van der Waals surface area contributed by atoms with Gasteiger partial charge in [-0.15, -0.1) is 0 Å². The van der Waals surface area contributed by atoms with Gasteiger partial charge in [0.2, 0.25) is 0 Å². The molecule has 0 spiro atoms. The van der Waals surface area contributed by atoms with E-state index < -0.39 is 0 Å². The van der Waals surface area contributed by atoms with Gasteiger partial charge in [-0.2, -0.15) is 0 Å². The minimum Gasteiger partial charge on any atom is -0.292 e. The summed E-state index contributed by atoms with van der Waals surface area (Å²) in [4.78, 5) is 17.2. The van der Waals surface area contributed by atoms with Crippen molar-refractivity contribution in [3.05, 3.63) is 42.1 Å². The molecule has 0 saturated heterocycles. The van der Waals surface area contributed by atoms with Crippen LogP contribution in [0.3, 0.4) is 0 Å². The van der Waals surface area contributed by atoms with Gasteiger partial charge in [0, 0.05) is 11.3 Å². The largest absolute Gasteiger partial charge is 0.292 e. The molecule has 2 heteroatoms. The zero-order chi connectivity index (χ0) is 12.8. The van der Waals surface area contributed by atoms with Gasteiger partial charge >= 0.3 is 0 Å². The minimum atomic E-state index is 0.243. The smallest absolute Gasteiger partial charge is 0.184 e. The van der Waals surface area contributed by atoms with E-state index in [1.165, 1.54) is 19.3 Å². The second-order valence-electron chi connectivity index (χ2n) is 6.03. The van der Waals surface area contributed by atoms with Crippen LogP contribution in [0.15, 0.2) is 36.4 Å². The van der Waals surface area contributed by atoms with Crippen LogP contribution < -0.4 is 0 Å². The lowest BCUT2D eigenvalue weighted by atomic mass is 9.84. The van der Waals surface area contributed by atoms with E-state index in [4.69, 9.17) is 0 Å². The number of carbonyl (C=O) groups excluding carboxylic acids is 1. The van der Waals surface area contributed by atoms with Gasteiger partial charge in [0.05, 0.1) is 5.52 Å². The predicted octanol–water partition coefficient (Wildman–Crippen LogP) is 3.85. The SMILES string of the molecule is O=C(c1ccc2ccccc2n1)C1CC2CCC1C2. The predicted molar refractivity (Wildman–Crippen MR) is 75.0 cm³/mol. The van der Waals surface area contributed by atoms with Crippen molar-refractivity contribution in [1.29, 1.82) is 0 Å². The van der Waals surface area contributed by atoms with Crippen molar-refractivity contribution in [2.24, 2.45) is 17.8 Å². The zero-order valence-corrected chi connectivity index (χ0v) is 10.9. The van der Waals surface area contributed by atoms with Gasteiger partial charge in [-0.25, -0.2) is 4.98 Å². The lowest BCUT2D eigenvalue weighted by Crippen LogP contribution is -2.21. The summed E-state index contributed by atoms with van der Waals surface area (Å²) in [7, 11) is 0. The molecule has 3 atom stereocenters. The Balaban J connectivity index is 1.68. The molecule has 2 aliphatic carbocycles. The Morgan fingerprint density at radius 1 is 1.05 bits per heavy atom. The molecule has 4 rings (SSSR count). The number of rotatable bonds is 2. The Kier molecular flexibility index (Phi) is 2.44. The van der Waals surface area contributed by atoms with Crippen molar-refractivity contribution in [2.45, 2.75) is 25.7 Å². The maximum Gasteiger partial charge on any atom is 0.184 e. The number of aromatic nitrogens is 1. The van der Waals surface area contributed by atoms with Crippen molar-refractivity contribution in [3.63, 3.8) is 0 Å². The third kappa shape index (κ3) is 1.78. The summed E-state index contributed by atoms with van der Waals surface area (Å²) >= 11 is 0. The number of para-hydroxylation sites is 1. The summed E-state index contributed by atoms with van der Waals surface area (Å²) in [6.45, 7) is 0. The van der Waals surface area contributed by atoms with Crippen LogP contribution in [0, 0.1) is 17.8 Å². The number of benzene rings is 1. The average Bonchev–Trinajstić information content (AvgIpc) is 3.08. The van der Waals surface area contributed by atoms with Gasteiger partial charge in [0.15, 0.2) is 5.78 Å². The molecule has 0 radical (unpaired) electrons. The van der Waals surface area contributed by atoms with Crippen molar-refractivity contribution in [1.82, 2.24) is 4.98 Å². The van der Waals surface area contributed by atoms with Crippen molar-refractivity contribution in [2.75, 3.05) is 0 Å². The normalized spacial score (nSPS) is 28.9. The van der Waals surface area contributed by atoms with Crippen LogP contribution in [-0.4, -0.2) is 10.8 Å². The number of ketones is 1. The Hall–Kier alpha value is -1.70. The van der Waals surface area contributed by atoms with Crippen LogP contribution in [0.25, 0.3) is 10.9 Å². The van der Waals surface area contributed by atoms with Crippen LogP contribution in [-0.2, 0) is 0 Å². The monoisotopic (exact) mass is 251 g/mol.